The zero-order chi connectivity index (χ0) is 39.8. The fourth-order valence-corrected chi connectivity index (χ4v) is 9.77. The Morgan fingerprint density at radius 3 is 1.51 bits per heavy atom. The minimum atomic E-state index is -0.133. The number of hydrogen-bond acceptors (Lipinski definition) is 2. The Morgan fingerprint density at radius 1 is 0.390 bits per heavy atom. The van der Waals surface area contributed by atoms with Crippen LogP contribution in [0.2, 0.25) is 0 Å². The third kappa shape index (κ3) is 6.46. The van der Waals surface area contributed by atoms with E-state index in [1.54, 1.807) is 0 Å². The van der Waals surface area contributed by atoms with Crippen LogP contribution in [0.25, 0.3) is 22.3 Å². The molecule has 0 aliphatic heterocycles. The maximum absolute atomic E-state index is 2.42. The van der Waals surface area contributed by atoms with Gasteiger partial charge in [-0.15, -0.1) is 0 Å². The van der Waals surface area contributed by atoms with Gasteiger partial charge in [-0.1, -0.05) is 166 Å². The molecule has 0 aromatic heterocycles. The van der Waals surface area contributed by atoms with Crippen molar-refractivity contribution >= 4 is 34.1 Å². The van der Waals surface area contributed by atoms with E-state index in [0.29, 0.717) is 0 Å². The molecule has 8 aromatic carbocycles. The van der Waals surface area contributed by atoms with E-state index >= 15 is 0 Å². The molecule has 286 valence electrons. The van der Waals surface area contributed by atoms with E-state index in [1.807, 2.05) is 0 Å². The summed E-state index contributed by atoms with van der Waals surface area (Å²) in [7, 11) is 0. The van der Waals surface area contributed by atoms with Crippen LogP contribution in [-0.4, -0.2) is 0 Å². The van der Waals surface area contributed by atoms with Crippen molar-refractivity contribution in [2.24, 2.45) is 0 Å². The predicted molar refractivity (Wildman–Crippen MR) is 249 cm³/mol. The molecule has 8 aromatic rings. The summed E-state index contributed by atoms with van der Waals surface area (Å²) in [5.41, 5.74) is 17.3. The van der Waals surface area contributed by atoms with Crippen molar-refractivity contribution in [2.45, 2.75) is 43.9 Å². The Kier molecular flexibility index (Phi) is 9.34. The number of anilines is 6. The molecule has 0 amide bonds. The van der Waals surface area contributed by atoms with Gasteiger partial charge in [0.2, 0.25) is 0 Å². The molecule has 59 heavy (non-hydrogen) atoms. The molecule has 0 radical (unpaired) electrons. The number of para-hydroxylation sites is 3. The van der Waals surface area contributed by atoms with Crippen molar-refractivity contribution in [3.8, 4) is 22.3 Å². The second-order valence-corrected chi connectivity index (χ2v) is 16.5. The van der Waals surface area contributed by atoms with Crippen molar-refractivity contribution in [3.63, 3.8) is 0 Å². The van der Waals surface area contributed by atoms with E-state index in [0.717, 1.165) is 47.7 Å². The van der Waals surface area contributed by atoms with Crippen LogP contribution in [0.15, 0.2) is 218 Å². The summed E-state index contributed by atoms with van der Waals surface area (Å²) in [6.07, 6.45) is 7.81. The summed E-state index contributed by atoms with van der Waals surface area (Å²) in [6.45, 7) is 4.72. The van der Waals surface area contributed by atoms with E-state index in [4.69, 9.17) is 0 Å². The van der Waals surface area contributed by atoms with Gasteiger partial charge in [0.15, 0.2) is 0 Å². The van der Waals surface area contributed by atoms with Crippen molar-refractivity contribution in [2.75, 3.05) is 9.80 Å². The normalized spacial score (nSPS) is 16.2. The van der Waals surface area contributed by atoms with Gasteiger partial charge in [0, 0.05) is 44.8 Å². The molecule has 2 aliphatic rings. The van der Waals surface area contributed by atoms with E-state index in [-0.39, 0.29) is 10.8 Å². The van der Waals surface area contributed by atoms with Gasteiger partial charge >= 0.3 is 0 Å². The molecule has 1 atom stereocenters. The molecule has 0 heterocycles. The number of fused-ring (bicyclic) bond motifs is 3. The van der Waals surface area contributed by atoms with Gasteiger partial charge in [0.25, 0.3) is 0 Å². The molecular formula is C57H48N2. The summed E-state index contributed by atoms with van der Waals surface area (Å²) in [4.78, 5) is 4.81. The van der Waals surface area contributed by atoms with Gasteiger partial charge in [0.1, 0.15) is 0 Å². The lowest BCUT2D eigenvalue weighted by atomic mass is 9.67. The molecule has 1 unspecified atom stereocenters. The van der Waals surface area contributed by atoms with Gasteiger partial charge in [-0.2, -0.15) is 0 Å². The Hall–Kier alpha value is -6.90. The van der Waals surface area contributed by atoms with Crippen molar-refractivity contribution < 1.29 is 0 Å². The lowest BCUT2D eigenvalue weighted by molar-refractivity contribution is 0.465. The van der Waals surface area contributed by atoms with E-state index in [2.05, 4.69) is 242 Å². The number of nitrogens with zero attached hydrogens (tertiary/aromatic N) is 2. The molecule has 0 bridgehead atoms. The van der Waals surface area contributed by atoms with Crippen molar-refractivity contribution in [1.82, 2.24) is 0 Å². The smallest absolute Gasteiger partial charge is 0.0540 e. The molecule has 0 N–H and O–H groups in total. The van der Waals surface area contributed by atoms with Gasteiger partial charge in [-0.25, -0.2) is 0 Å². The van der Waals surface area contributed by atoms with Crippen LogP contribution in [-0.2, 0) is 10.8 Å². The molecule has 0 fully saturated rings. The minimum Gasteiger partial charge on any atom is -0.310 e. The summed E-state index contributed by atoms with van der Waals surface area (Å²) in [5.74, 6) is 0. The number of rotatable bonds is 9. The van der Waals surface area contributed by atoms with Crippen LogP contribution in [0.1, 0.15) is 55.4 Å². The van der Waals surface area contributed by atoms with E-state index < -0.39 is 0 Å². The zero-order valence-corrected chi connectivity index (χ0v) is 33.8. The summed E-state index contributed by atoms with van der Waals surface area (Å²) >= 11 is 0. The van der Waals surface area contributed by atoms with Crippen LogP contribution in [0.3, 0.4) is 0 Å². The molecule has 0 saturated heterocycles. The molecule has 2 aliphatic carbocycles. The topological polar surface area (TPSA) is 6.48 Å². The third-order valence-corrected chi connectivity index (χ3v) is 12.8. The number of benzene rings is 8. The molecule has 0 spiro atoms. The van der Waals surface area contributed by atoms with Crippen LogP contribution >= 0.6 is 0 Å². The van der Waals surface area contributed by atoms with Crippen LogP contribution < -0.4 is 9.80 Å². The Labute approximate surface area is 349 Å². The highest BCUT2D eigenvalue weighted by atomic mass is 15.1. The molecule has 2 nitrogen and oxygen atoms in total. The maximum atomic E-state index is 2.42. The van der Waals surface area contributed by atoms with Crippen molar-refractivity contribution in [3.05, 3.63) is 241 Å². The van der Waals surface area contributed by atoms with Gasteiger partial charge in [0.05, 0.1) is 5.69 Å². The maximum Gasteiger partial charge on any atom is 0.0540 e. The average molecular weight is 761 g/mol. The monoisotopic (exact) mass is 760 g/mol. The van der Waals surface area contributed by atoms with Gasteiger partial charge in [-0.05, 0) is 125 Å². The first kappa shape index (κ1) is 36.4. The van der Waals surface area contributed by atoms with Crippen LogP contribution in [0, 0.1) is 0 Å². The summed E-state index contributed by atoms with van der Waals surface area (Å²) < 4.78 is 0. The second-order valence-electron chi connectivity index (χ2n) is 16.5. The fraction of sp³-hybridized carbons (Fsp3) is 0.123. The van der Waals surface area contributed by atoms with E-state index in [1.165, 1.54) is 50.2 Å². The highest BCUT2D eigenvalue weighted by Gasteiger charge is 2.37. The second kappa shape index (κ2) is 15.1. The van der Waals surface area contributed by atoms with Gasteiger partial charge in [-0.3, -0.25) is 0 Å². The molecule has 2 heteroatoms. The molecule has 10 rings (SSSR count). The van der Waals surface area contributed by atoms with Crippen LogP contribution in [0.5, 0.6) is 0 Å². The zero-order valence-electron chi connectivity index (χ0n) is 33.8. The summed E-state index contributed by atoms with van der Waals surface area (Å²) in [6, 6.07) is 75.7. The lowest BCUT2D eigenvalue weighted by Crippen LogP contribution is -2.29. The fourth-order valence-electron chi connectivity index (χ4n) is 9.77. The van der Waals surface area contributed by atoms with Crippen LogP contribution in [0.4, 0.5) is 34.1 Å². The quantitative estimate of drug-likeness (QED) is 0.135. The Bertz CT molecular complexity index is 2750. The first-order chi connectivity index (χ1) is 29.0. The SMILES string of the molecule is CC1(C)c2ccccc2-c2ccc(N(c3ccccc3)c3ccc(C4(c5ccc(N(c6ccccc6)c6ccccc6-c6ccccc6)cc5)CC=CCC4)cc3)cc21. The van der Waals surface area contributed by atoms with Gasteiger partial charge < -0.3 is 9.80 Å². The third-order valence-electron chi connectivity index (χ3n) is 12.8. The number of hydrogen-bond donors (Lipinski definition) is 0. The average Bonchev–Trinajstić information content (AvgIpc) is 3.53. The standard InChI is InChI=1S/C57H48N2/c1-56(2)53-27-15-13-26-51(53)52-38-37-49(41-54(52)56)58(45-21-9-4-10-22-45)47-33-29-43(30-34-47)57(39-17-6-18-40-57)44-31-35-48(36-32-44)59(46-23-11-5-12-24-46)55-28-16-14-25-50(55)42-19-7-3-8-20-42/h3-17,19-38,41H,18,39-40H2,1-2H3. The highest BCUT2D eigenvalue weighted by molar-refractivity contribution is 5.88. The molecule has 0 saturated carbocycles. The largest absolute Gasteiger partial charge is 0.310 e. The summed E-state index contributed by atoms with van der Waals surface area (Å²) in [5, 5.41) is 0. The highest BCUT2D eigenvalue weighted by Crippen LogP contribution is 2.51. The lowest BCUT2D eigenvalue weighted by Gasteiger charge is -2.37. The minimum absolute atomic E-state index is 0.0754. The van der Waals surface area contributed by atoms with Crippen molar-refractivity contribution in [1.29, 1.82) is 0 Å². The Morgan fingerprint density at radius 2 is 0.881 bits per heavy atom. The first-order valence-corrected chi connectivity index (χ1v) is 21.0. The van der Waals surface area contributed by atoms with E-state index in [9.17, 15) is 0 Å². The first-order valence-electron chi connectivity index (χ1n) is 21.0. The number of allylic oxidation sites excluding steroid dienone is 2. The predicted octanol–water partition coefficient (Wildman–Crippen LogP) is 15.6. The Balaban J connectivity index is 1.02. The molecular weight excluding hydrogens is 713 g/mol.